The van der Waals surface area contributed by atoms with Crippen molar-refractivity contribution in [3.63, 3.8) is 0 Å². The fourth-order valence-electron chi connectivity index (χ4n) is 4.21. The average Bonchev–Trinajstić information content (AvgIpc) is 2.85. The molecule has 0 aliphatic heterocycles. The second kappa shape index (κ2) is 11.7. The van der Waals surface area contributed by atoms with Gasteiger partial charge in [0.25, 0.3) is 5.56 Å². The van der Waals surface area contributed by atoms with Crippen LogP contribution in [0.15, 0.2) is 52.4 Å². The van der Waals surface area contributed by atoms with Gasteiger partial charge in [-0.3, -0.25) is 19.0 Å². The van der Waals surface area contributed by atoms with E-state index in [2.05, 4.69) is 15.6 Å². The van der Waals surface area contributed by atoms with E-state index in [-0.39, 0.29) is 42.1 Å². The lowest BCUT2D eigenvalue weighted by Crippen LogP contribution is -2.37. The Bertz CT molecular complexity index is 1290. The molecule has 2 amide bonds. The smallest absolute Gasteiger partial charge is 0.262 e. The zero-order valence-electron chi connectivity index (χ0n) is 19.7. The normalized spacial score (nSPS) is 14.1. The summed E-state index contributed by atoms with van der Waals surface area (Å²) in [6, 6.07) is 12.7. The molecule has 35 heavy (non-hydrogen) atoms. The van der Waals surface area contributed by atoms with Crippen LogP contribution in [0.2, 0.25) is 5.02 Å². The van der Waals surface area contributed by atoms with E-state index in [0.29, 0.717) is 26.8 Å². The highest BCUT2D eigenvalue weighted by atomic mass is 35.5. The minimum absolute atomic E-state index is 0.0601. The Hall–Kier alpha value is -2.84. The average molecular weight is 513 g/mol. The molecule has 0 spiro atoms. The Morgan fingerprint density at radius 1 is 1.11 bits per heavy atom. The second-order valence-corrected chi connectivity index (χ2v) is 10.2. The number of benzene rings is 2. The molecule has 0 unspecified atom stereocenters. The number of halogens is 1. The number of hydrogen-bond acceptors (Lipinski definition) is 5. The maximum absolute atomic E-state index is 13.2. The van der Waals surface area contributed by atoms with Crippen molar-refractivity contribution in [1.82, 2.24) is 14.9 Å². The van der Waals surface area contributed by atoms with E-state index >= 15 is 0 Å². The second-order valence-electron chi connectivity index (χ2n) is 8.82. The van der Waals surface area contributed by atoms with Crippen LogP contribution in [0.25, 0.3) is 10.9 Å². The summed E-state index contributed by atoms with van der Waals surface area (Å²) in [5.41, 5.74) is 1.88. The van der Waals surface area contributed by atoms with Gasteiger partial charge in [-0.2, -0.15) is 0 Å². The number of nitrogens with zero attached hydrogens (tertiary/aromatic N) is 2. The summed E-state index contributed by atoms with van der Waals surface area (Å²) >= 11 is 7.32. The van der Waals surface area contributed by atoms with Crippen molar-refractivity contribution in [2.75, 3.05) is 11.1 Å². The van der Waals surface area contributed by atoms with Gasteiger partial charge < -0.3 is 10.6 Å². The molecule has 1 aromatic heterocycles. The lowest BCUT2D eigenvalue weighted by molar-refractivity contribution is -0.122. The zero-order chi connectivity index (χ0) is 24.8. The number of thioether (sulfide) groups is 1. The van der Waals surface area contributed by atoms with Gasteiger partial charge in [0.05, 0.1) is 16.7 Å². The zero-order valence-corrected chi connectivity index (χ0v) is 21.3. The van der Waals surface area contributed by atoms with Crippen LogP contribution < -0.4 is 16.2 Å². The molecule has 3 aromatic rings. The lowest BCUT2D eigenvalue weighted by Gasteiger charge is -2.23. The number of nitrogens with one attached hydrogen (secondary N) is 2. The van der Waals surface area contributed by atoms with E-state index in [4.69, 9.17) is 11.6 Å². The molecule has 1 aliphatic carbocycles. The van der Waals surface area contributed by atoms with Crippen LogP contribution in [0, 0.1) is 6.92 Å². The fraction of sp³-hybridized carbons (Fsp3) is 0.385. The monoisotopic (exact) mass is 512 g/mol. The Kier molecular flexibility index (Phi) is 8.46. The summed E-state index contributed by atoms with van der Waals surface area (Å²) in [5, 5.41) is 7.40. The minimum atomic E-state index is -0.237. The highest BCUT2D eigenvalue weighted by molar-refractivity contribution is 7.99. The van der Waals surface area contributed by atoms with E-state index < -0.39 is 0 Å². The molecule has 1 fully saturated rings. The van der Waals surface area contributed by atoms with Crippen molar-refractivity contribution in [1.29, 1.82) is 0 Å². The Morgan fingerprint density at radius 3 is 2.66 bits per heavy atom. The van der Waals surface area contributed by atoms with Gasteiger partial charge in [-0.25, -0.2) is 4.98 Å². The first-order valence-corrected chi connectivity index (χ1v) is 13.2. The van der Waals surface area contributed by atoms with E-state index in [1.165, 1.54) is 22.7 Å². The third kappa shape index (κ3) is 6.64. The molecule has 0 bridgehead atoms. The molecule has 0 atom stereocenters. The summed E-state index contributed by atoms with van der Waals surface area (Å²) in [4.78, 5) is 43.0. The maximum Gasteiger partial charge on any atom is 0.262 e. The molecule has 184 valence electrons. The van der Waals surface area contributed by atoms with E-state index in [0.717, 1.165) is 31.2 Å². The SMILES string of the molecule is Cc1ccc(NC(=O)CSc2nc3ccccc3c(=O)n2CCC(=O)NC2CCCCC2)cc1Cl. The van der Waals surface area contributed by atoms with Crippen molar-refractivity contribution >= 4 is 51.8 Å². The van der Waals surface area contributed by atoms with Crippen LogP contribution in [0.4, 0.5) is 5.69 Å². The van der Waals surface area contributed by atoms with Crippen molar-refractivity contribution in [3.05, 3.63) is 63.4 Å². The third-order valence-corrected chi connectivity index (χ3v) is 7.53. The van der Waals surface area contributed by atoms with Gasteiger partial charge in [0, 0.05) is 29.7 Å². The molecule has 1 heterocycles. The number of carbonyl (C=O) groups excluding carboxylic acids is 2. The van der Waals surface area contributed by atoms with Crippen LogP contribution in [0.1, 0.15) is 44.1 Å². The standard InChI is InChI=1S/C26H29ClN4O3S/c1-17-11-12-19(15-21(17)27)29-24(33)16-35-26-30-22-10-6-5-9-20(22)25(34)31(26)14-13-23(32)28-18-7-3-2-4-8-18/h5-6,9-12,15,18H,2-4,7-8,13-14,16H2,1H3,(H,28,32)(H,29,33). The molecule has 2 aromatic carbocycles. The van der Waals surface area contributed by atoms with Crippen molar-refractivity contribution in [2.24, 2.45) is 0 Å². The van der Waals surface area contributed by atoms with Gasteiger partial charge in [-0.05, 0) is 49.6 Å². The number of amides is 2. The number of fused-ring (bicyclic) bond motifs is 1. The van der Waals surface area contributed by atoms with Crippen molar-refractivity contribution in [3.8, 4) is 0 Å². The number of aryl methyl sites for hydroxylation is 1. The van der Waals surface area contributed by atoms with Gasteiger partial charge >= 0.3 is 0 Å². The lowest BCUT2D eigenvalue weighted by atomic mass is 9.95. The van der Waals surface area contributed by atoms with Crippen molar-refractivity contribution in [2.45, 2.75) is 63.2 Å². The van der Waals surface area contributed by atoms with Gasteiger partial charge in [-0.1, -0.05) is 60.8 Å². The number of aromatic nitrogens is 2. The summed E-state index contributed by atoms with van der Waals surface area (Å²) in [6.45, 7) is 2.09. The molecule has 1 aliphatic rings. The summed E-state index contributed by atoms with van der Waals surface area (Å²) < 4.78 is 1.50. The number of para-hydroxylation sites is 1. The predicted molar refractivity (Wildman–Crippen MR) is 141 cm³/mol. The largest absolute Gasteiger partial charge is 0.353 e. The van der Waals surface area contributed by atoms with Crippen LogP contribution in [-0.4, -0.2) is 33.2 Å². The first-order chi connectivity index (χ1) is 16.9. The first-order valence-electron chi connectivity index (χ1n) is 11.9. The van der Waals surface area contributed by atoms with Gasteiger partial charge in [-0.15, -0.1) is 0 Å². The molecule has 7 nitrogen and oxygen atoms in total. The number of carbonyl (C=O) groups is 2. The fourth-order valence-corrected chi connectivity index (χ4v) is 5.22. The van der Waals surface area contributed by atoms with Crippen LogP contribution in [0.3, 0.4) is 0 Å². The maximum atomic E-state index is 13.2. The number of hydrogen-bond donors (Lipinski definition) is 2. The first kappa shape index (κ1) is 25.3. The van der Waals surface area contributed by atoms with Crippen LogP contribution >= 0.6 is 23.4 Å². The van der Waals surface area contributed by atoms with Crippen molar-refractivity contribution < 1.29 is 9.59 Å². The molecule has 9 heteroatoms. The summed E-state index contributed by atoms with van der Waals surface area (Å²) in [6.07, 6.45) is 5.68. The molecular formula is C26H29ClN4O3S. The Labute approximate surface area is 213 Å². The van der Waals surface area contributed by atoms with Crippen LogP contribution in [-0.2, 0) is 16.1 Å². The molecule has 4 rings (SSSR count). The van der Waals surface area contributed by atoms with E-state index in [1.807, 2.05) is 19.1 Å². The molecule has 0 radical (unpaired) electrons. The number of rotatable bonds is 8. The minimum Gasteiger partial charge on any atom is -0.353 e. The van der Waals surface area contributed by atoms with Gasteiger partial charge in [0.1, 0.15) is 0 Å². The Morgan fingerprint density at radius 2 is 1.89 bits per heavy atom. The van der Waals surface area contributed by atoms with Gasteiger partial charge in [0.2, 0.25) is 11.8 Å². The van der Waals surface area contributed by atoms with E-state index in [9.17, 15) is 14.4 Å². The molecule has 1 saturated carbocycles. The quantitative estimate of drug-likeness (QED) is 0.330. The summed E-state index contributed by atoms with van der Waals surface area (Å²) in [7, 11) is 0. The molecule has 2 N–H and O–H groups in total. The summed E-state index contributed by atoms with van der Waals surface area (Å²) in [5.74, 6) is -0.245. The predicted octanol–water partition coefficient (Wildman–Crippen LogP) is 4.93. The van der Waals surface area contributed by atoms with Gasteiger partial charge in [0.15, 0.2) is 5.16 Å². The van der Waals surface area contributed by atoms with E-state index in [1.54, 1.807) is 30.3 Å². The van der Waals surface area contributed by atoms with Crippen LogP contribution in [0.5, 0.6) is 0 Å². The highest BCUT2D eigenvalue weighted by Gasteiger charge is 2.18. The topological polar surface area (TPSA) is 93.1 Å². The highest BCUT2D eigenvalue weighted by Crippen LogP contribution is 2.22. The third-order valence-electron chi connectivity index (χ3n) is 6.15. The molecule has 0 saturated heterocycles. The Balaban J connectivity index is 1.47. The number of anilines is 1. The molecular weight excluding hydrogens is 484 g/mol.